The third-order valence-corrected chi connectivity index (χ3v) is 1.76. The Kier molecular flexibility index (Phi) is 3.81. The van der Waals surface area contributed by atoms with E-state index >= 15 is 0 Å². The number of nitrogens with one attached hydrogen (secondary N) is 1. The maximum absolute atomic E-state index is 9.97. The van der Waals surface area contributed by atoms with Crippen LogP contribution in [0.2, 0.25) is 0 Å². The first-order valence-electron chi connectivity index (χ1n) is 2.46. The molecular weight excluding hydrogens is 126 g/mol. The highest BCUT2D eigenvalue weighted by molar-refractivity contribution is 7.72. The van der Waals surface area contributed by atoms with Gasteiger partial charge in [0.25, 0.3) is 0 Å². The van der Waals surface area contributed by atoms with Gasteiger partial charge in [-0.3, -0.25) is 0 Å². The molecular formula is C4H11NO2S. The lowest BCUT2D eigenvalue weighted by molar-refractivity contribution is 0.596. The molecule has 3 nitrogen and oxygen atoms in total. The number of hydrogen-bond donors (Lipinski definition) is 2. The second-order valence-electron chi connectivity index (χ2n) is 1.71. The Morgan fingerprint density at radius 1 is 1.62 bits per heavy atom. The van der Waals surface area contributed by atoms with Crippen LogP contribution in [-0.4, -0.2) is 27.3 Å². The van der Waals surface area contributed by atoms with Crippen molar-refractivity contribution >= 4 is 10.7 Å². The molecule has 4 heteroatoms. The standard InChI is InChI=1S/C4H11NO2S/c1-4(5-2)3-8(6)7/h4-5,8H,3H2,1-2H3. The summed E-state index contributed by atoms with van der Waals surface area (Å²) in [6, 6.07) is 0.0797. The molecule has 50 valence electrons. The van der Waals surface area contributed by atoms with Crippen molar-refractivity contribution in [1.82, 2.24) is 5.32 Å². The highest BCUT2D eigenvalue weighted by Crippen LogP contribution is 1.77. The second-order valence-corrected chi connectivity index (χ2v) is 2.74. The van der Waals surface area contributed by atoms with Crippen LogP contribution in [0.25, 0.3) is 0 Å². The fourth-order valence-corrected chi connectivity index (χ4v) is 0.945. The molecule has 0 bridgehead atoms. The Bertz CT molecular complexity index is 113. The fraction of sp³-hybridized carbons (Fsp3) is 1.00. The van der Waals surface area contributed by atoms with E-state index in [2.05, 4.69) is 5.32 Å². The molecule has 1 unspecified atom stereocenters. The third-order valence-electron chi connectivity index (χ3n) is 0.916. The number of thiol groups is 1. The van der Waals surface area contributed by atoms with Crippen LogP contribution in [0.15, 0.2) is 0 Å². The van der Waals surface area contributed by atoms with Crippen LogP contribution in [0.3, 0.4) is 0 Å². The molecule has 0 aliphatic carbocycles. The van der Waals surface area contributed by atoms with Crippen molar-refractivity contribution in [1.29, 1.82) is 0 Å². The third kappa shape index (κ3) is 4.08. The van der Waals surface area contributed by atoms with Crippen molar-refractivity contribution in [3.05, 3.63) is 0 Å². The topological polar surface area (TPSA) is 46.2 Å². The fourth-order valence-electron chi connectivity index (χ4n) is 0.315. The van der Waals surface area contributed by atoms with E-state index in [-0.39, 0.29) is 11.8 Å². The van der Waals surface area contributed by atoms with E-state index in [1.807, 2.05) is 6.92 Å². The van der Waals surface area contributed by atoms with Crippen LogP contribution in [0.5, 0.6) is 0 Å². The molecule has 0 saturated carbocycles. The van der Waals surface area contributed by atoms with Gasteiger partial charge in [0.2, 0.25) is 0 Å². The lowest BCUT2D eigenvalue weighted by Gasteiger charge is -2.01. The van der Waals surface area contributed by atoms with Crippen molar-refractivity contribution in [2.24, 2.45) is 0 Å². The highest BCUT2D eigenvalue weighted by Gasteiger charge is 1.96. The van der Waals surface area contributed by atoms with Crippen LogP contribution in [0, 0.1) is 0 Å². The van der Waals surface area contributed by atoms with Gasteiger partial charge in [0, 0.05) is 6.04 Å². The monoisotopic (exact) mass is 137 g/mol. The number of hydrogen-bond acceptors (Lipinski definition) is 3. The van der Waals surface area contributed by atoms with Gasteiger partial charge in [0.15, 0.2) is 0 Å². The van der Waals surface area contributed by atoms with Crippen LogP contribution in [0.4, 0.5) is 0 Å². The SMILES string of the molecule is CNC(C)C[SH](=O)=O. The van der Waals surface area contributed by atoms with Gasteiger partial charge in [-0.2, -0.15) is 0 Å². The Hall–Kier alpha value is -0.0900. The van der Waals surface area contributed by atoms with Crippen molar-refractivity contribution in [3.8, 4) is 0 Å². The largest absolute Gasteiger partial charge is 0.316 e. The molecule has 0 fully saturated rings. The Morgan fingerprint density at radius 3 is 2.25 bits per heavy atom. The van der Waals surface area contributed by atoms with E-state index in [1.54, 1.807) is 7.05 Å². The molecule has 0 amide bonds. The Balaban J connectivity index is 3.39. The van der Waals surface area contributed by atoms with E-state index in [9.17, 15) is 8.42 Å². The molecule has 0 rings (SSSR count). The van der Waals surface area contributed by atoms with Gasteiger partial charge in [0.1, 0.15) is 10.7 Å². The summed E-state index contributed by atoms with van der Waals surface area (Å²) in [6.07, 6.45) is 0. The summed E-state index contributed by atoms with van der Waals surface area (Å²) in [5.41, 5.74) is 0. The molecule has 0 spiro atoms. The molecule has 8 heavy (non-hydrogen) atoms. The summed E-state index contributed by atoms with van der Waals surface area (Å²) in [5, 5.41) is 2.81. The Labute approximate surface area is 51.0 Å². The molecule has 0 aliphatic rings. The molecule has 0 aromatic carbocycles. The molecule has 0 radical (unpaired) electrons. The maximum atomic E-state index is 9.97. The van der Waals surface area contributed by atoms with E-state index in [0.717, 1.165) is 0 Å². The lowest BCUT2D eigenvalue weighted by atomic mass is 10.4. The summed E-state index contributed by atoms with van der Waals surface area (Å²) >= 11 is 0. The molecule has 0 saturated heterocycles. The molecule has 0 aliphatic heterocycles. The van der Waals surface area contributed by atoms with Crippen molar-refractivity contribution in [2.45, 2.75) is 13.0 Å². The maximum Gasteiger partial charge on any atom is 0.141 e. The average molecular weight is 137 g/mol. The summed E-state index contributed by atoms with van der Waals surface area (Å²) in [7, 11) is -0.469. The van der Waals surface area contributed by atoms with E-state index in [1.165, 1.54) is 0 Å². The minimum atomic E-state index is -2.21. The average Bonchev–Trinajstić information content (AvgIpc) is 1.65. The summed E-state index contributed by atoms with van der Waals surface area (Å²) in [6.45, 7) is 1.82. The van der Waals surface area contributed by atoms with Gasteiger partial charge >= 0.3 is 0 Å². The zero-order chi connectivity index (χ0) is 6.57. The van der Waals surface area contributed by atoms with Crippen molar-refractivity contribution in [3.63, 3.8) is 0 Å². The first-order chi connectivity index (χ1) is 3.66. The van der Waals surface area contributed by atoms with Gasteiger partial charge < -0.3 is 5.32 Å². The minimum Gasteiger partial charge on any atom is -0.316 e. The normalized spacial score (nSPS) is 14.4. The molecule has 1 N–H and O–H groups in total. The van der Waals surface area contributed by atoms with Gasteiger partial charge in [-0.05, 0) is 14.0 Å². The molecule has 0 aromatic heterocycles. The van der Waals surface area contributed by atoms with Gasteiger partial charge in [-0.25, -0.2) is 8.42 Å². The van der Waals surface area contributed by atoms with Crippen LogP contribution in [0.1, 0.15) is 6.92 Å². The van der Waals surface area contributed by atoms with Gasteiger partial charge in [-0.15, -0.1) is 0 Å². The highest BCUT2D eigenvalue weighted by atomic mass is 32.2. The van der Waals surface area contributed by atoms with Crippen molar-refractivity contribution < 1.29 is 8.42 Å². The van der Waals surface area contributed by atoms with E-state index in [4.69, 9.17) is 0 Å². The minimum absolute atomic E-state index is 0.0797. The van der Waals surface area contributed by atoms with Crippen molar-refractivity contribution in [2.75, 3.05) is 12.8 Å². The smallest absolute Gasteiger partial charge is 0.141 e. The number of rotatable bonds is 3. The van der Waals surface area contributed by atoms with E-state index < -0.39 is 10.7 Å². The predicted molar refractivity (Wildman–Crippen MR) is 33.7 cm³/mol. The molecule has 1 atom stereocenters. The zero-order valence-corrected chi connectivity index (χ0v) is 5.94. The lowest BCUT2D eigenvalue weighted by Crippen LogP contribution is -2.25. The molecule has 0 aromatic rings. The predicted octanol–water partition coefficient (Wildman–Crippen LogP) is -0.794. The second kappa shape index (κ2) is 3.86. The summed E-state index contributed by atoms with van der Waals surface area (Å²) < 4.78 is 19.9. The summed E-state index contributed by atoms with van der Waals surface area (Å²) in [5.74, 6) is 0.228. The first-order valence-corrected chi connectivity index (χ1v) is 3.82. The van der Waals surface area contributed by atoms with Crippen LogP contribution >= 0.6 is 0 Å². The summed E-state index contributed by atoms with van der Waals surface area (Å²) in [4.78, 5) is 0. The quantitative estimate of drug-likeness (QED) is 0.501. The molecule has 0 heterocycles. The van der Waals surface area contributed by atoms with Crippen LogP contribution in [-0.2, 0) is 10.7 Å². The Morgan fingerprint density at radius 2 is 2.12 bits per heavy atom. The zero-order valence-electron chi connectivity index (χ0n) is 5.05. The first kappa shape index (κ1) is 7.91. The van der Waals surface area contributed by atoms with E-state index in [0.29, 0.717) is 0 Å². The van der Waals surface area contributed by atoms with Gasteiger partial charge in [-0.1, -0.05) is 0 Å². The van der Waals surface area contributed by atoms with Gasteiger partial charge in [0.05, 0.1) is 5.75 Å². The van der Waals surface area contributed by atoms with Crippen LogP contribution < -0.4 is 5.32 Å².